The summed E-state index contributed by atoms with van der Waals surface area (Å²) in [6.07, 6.45) is 15.1. The van der Waals surface area contributed by atoms with Crippen LogP contribution in [0, 0.1) is 39.4 Å². The van der Waals surface area contributed by atoms with Crippen LogP contribution < -0.4 is 10.6 Å². The number of benzene rings is 1. The van der Waals surface area contributed by atoms with Gasteiger partial charge in [0.15, 0.2) is 0 Å². The predicted octanol–water partition coefficient (Wildman–Crippen LogP) is 8.85. The largest absolute Gasteiger partial charge is 0.478 e. The van der Waals surface area contributed by atoms with Gasteiger partial charge in [0.2, 0.25) is 5.91 Å². The lowest BCUT2D eigenvalue weighted by Crippen LogP contribution is -2.60. The van der Waals surface area contributed by atoms with Crippen LogP contribution in [0.25, 0.3) is 5.57 Å². The molecule has 3 amide bonds. The number of aromatic carboxylic acids is 1. The minimum atomic E-state index is -0.882. The number of carbonyl (C=O) groups excluding carboxylic acids is 2. The van der Waals surface area contributed by atoms with Gasteiger partial charge in [0.25, 0.3) is 0 Å². The van der Waals surface area contributed by atoms with Gasteiger partial charge in [-0.2, -0.15) is 0 Å². The fraction of sp³-hybridized carbons (Fsp3) is 0.690. The molecule has 7 atom stereocenters. The van der Waals surface area contributed by atoms with Crippen LogP contribution in [0.5, 0.6) is 0 Å². The SMILES string of the molecule is C=C(C)C1CCC(CCC2(C)CCCC3C4(C)CC=C(c5ccc(C(=O)O)cc5)C(C)(C)C4CCC32C)(NC(=O)N2CCNC(=O)CC2)C1. The normalized spacial score (nSPS) is 37.2. The smallest absolute Gasteiger partial charge is 0.335 e. The summed E-state index contributed by atoms with van der Waals surface area (Å²) in [5.74, 6) is 0.727. The first kappa shape index (κ1) is 35.7. The second kappa shape index (κ2) is 12.9. The molecule has 4 aliphatic carbocycles. The Balaban J connectivity index is 1.24. The summed E-state index contributed by atoms with van der Waals surface area (Å²) in [5.41, 5.74) is 4.36. The van der Waals surface area contributed by atoms with Gasteiger partial charge in [-0.15, -0.1) is 0 Å². The molecule has 3 saturated carbocycles. The molecule has 268 valence electrons. The van der Waals surface area contributed by atoms with Crippen molar-refractivity contribution in [3.05, 3.63) is 53.6 Å². The minimum Gasteiger partial charge on any atom is -0.478 e. The van der Waals surface area contributed by atoms with E-state index in [0.29, 0.717) is 49.4 Å². The van der Waals surface area contributed by atoms with Gasteiger partial charge in [0.1, 0.15) is 0 Å². The molecule has 7 unspecified atom stereocenters. The quantitative estimate of drug-likeness (QED) is 0.252. The van der Waals surface area contributed by atoms with E-state index in [-0.39, 0.29) is 39.1 Å². The van der Waals surface area contributed by atoms with E-state index in [9.17, 15) is 19.5 Å². The Bertz CT molecular complexity index is 1510. The van der Waals surface area contributed by atoms with Crippen molar-refractivity contribution in [2.24, 2.45) is 39.4 Å². The molecule has 4 fully saturated rings. The van der Waals surface area contributed by atoms with Crippen molar-refractivity contribution in [3.63, 3.8) is 0 Å². The Kier molecular flexibility index (Phi) is 9.41. The van der Waals surface area contributed by atoms with Crippen molar-refractivity contribution in [1.82, 2.24) is 15.5 Å². The Morgan fingerprint density at radius 2 is 1.71 bits per heavy atom. The number of fused-ring (bicyclic) bond motifs is 3. The molecular weight excluding hydrogens is 610 g/mol. The van der Waals surface area contributed by atoms with Crippen LogP contribution in [0.4, 0.5) is 4.79 Å². The first-order valence-corrected chi connectivity index (χ1v) is 19.1. The average molecular weight is 672 g/mol. The molecule has 0 aromatic heterocycles. The van der Waals surface area contributed by atoms with E-state index in [2.05, 4.69) is 64.8 Å². The molecule has 3 N–H and O–H groups in total. The lowest BCUT2D eigenvalue weighted by Gasteiger charge is -2.68. The van der Waals surface area contributed by atoms with Gasteiger partial charge in [-0.1, -0.05) is 71.4 Å². The van der Waals surface area contributed by atoms with Gasteiger partial charge in [0, 0.05) is 31.6 Å². The third kappa shape index (κ3) is 6.26. The fourth-order valence-corrected chi connectivity index (χ4v) is 11.9. The Hall–Kier alpha value is -3.09. The van der Waals surface area contributed by atoms with E-state index in [1.54, 1.807) is 12.1 Å². The standard InChI is InChI=1S/C42H61N3O4/c1-28(2)31-14-21-42(27-31,44-37(49)45-25-17-35(46)43-24-26-45)23-22-39(5)18-8-9-34-40(6)19-15-32(29-10-12-30(13-11-29)36(47)48)38(3,4)33(40)16-20-41(34,39)7/h10-13,15,31,33-34H,1,8-9,14,16-27H2,2-7H3,(H,43,46)(H,44,49)(H,47,48). The van der Waals surface area contributed by atoms with Gasteiger partial charge in [-0.05, 0) is 134 Å². The molecule has 5 aliphatic rings. The lowest BCUT2D eigenvalue weighted by atomic mass is 9.36. The molecule has 0 spiro atoms. The van der Waals surface area contributed by atoms with Crippen LogP contribution in [0.1, 0.15) is 135 Å². The van der Waals surface area contributed by atoms with Gasteiger partial charge in [0.05, 0.1) is 5.56 Å². The highest BCUT2D eigenvalue weighted by Crippen LogP contribution is 2.72. The molecule has 1 aromatic rings. The third-order valence-corrected chi connectivity index (χ3v) is 15.1. The summed E-state index contributed by atoms with van der Waals surface area (Å²) in [6.45, 7) is 20.6. The van der Waals surface area contributed by atoms with Crippen LogP contribution in [0.15, 0.2) is 42.5 Å². The number of nitrogens with zero attached hydrogens (tertiary/aromatic N) is 1. The molecular formula is C42H61N3O4. The molecule has 1 saturated heterocycles. The highest BCUT2D eigenvalue weighted by molar-refractivity contribution is 5.88. The van der Waals surface area contributed by atoms with Crippen molar-refractivity contribution in [3.8, 4) is 0 Å². The van der Waals surface area contributed by atoms with Crippen molar-refractivity contribution in [2.45, 2.75) is 124 Å². The molecule has 0 radical (unpaired) electrons. The molecule has 1 aliphatic heterocycles. The summed E-state index contributed by atoms with van der Waals surface area (Å²) < 4.78 is 0. The summed E-state index contributed by atoms with van der Waals surface area (Å²) in [4.78, 5) is 39.1. The third-order valence-electron chi connectivity index (χ3n) is 15.1. The number of rotatable bonds is 7. The maximum Gasteiger partial charge on any atom is 0.335 e. The molecule has 1 aromatic carbocycles. The highest BCUT2D eigenvalue weighted by Gasteiger charge is 2.64. The summed E-state index contributed by atoms with van der Waals surface area (Å²) in [7, 11) is 0. The van der Waals surface area contributed by atoms with Crippen LogP contribution in [0.3, 0.4) is 0 Å². The molecule has 6 rings (SSSR count). The first-order chi connectivity index (χ1) is 23.0. The topological polar surface area (TPSA) is 98.7 Å². The van der Waals surface area contributed by atoms with E-state index in [0.717, 1.165) is 44.1 Å². The van der Waals surface area contributed by atoms with E-state index in [1.165, 1.54) is 43.3 Å². The Morgan fingerprint density at radius 3 is 2.39 bits per heavy atom. The molecule has 1 heterocycles. The van der Waals surface area contributed by atoms with Gasteiger partial charge < -0.3 is 20.6 Å². The maximum absolute atomic E-state index is 13.8. The average Bonchev–Trinajstić information content (AvgIpc) is 3.34. The van der Waals surface area contributed by atoms with Gasteiger partial charge >= 0.3 is 12.0 Å². The predicted molar refractivity (Wildman–Crippen MR) is 196 cm³/mol. The zero-order chi connectivity index (χ0) is 35.4. The zero-order valence-corrected chi connectivity index (χ0v) is 31.1. The second-order valence-electron chi connectivity index (χ2n) is 18.0. The monoisotopic (exact) mass is 671 g/mol. The number of urea groups is 1. The van der Waals surface area contributed by atoms with Crippen LogP contribution in [0.2, 0.25) is 0 Å². The number of allylic oxidation sites excluding steroid dienone is 3. The van der Waals surface area contributed by atoms with E-state index in [4.69, 9.17) is 0 Å². The van der Waals surface area contributed by atoms with Crippen molar-refractivity contribution < 1.29 is 19.5 Å². The van der Waals surface area contributed by atoms with Crippen molar-refractivity contribution >= 4 is 23.5 Å². The maximum atomic E-state index is 13.8. The second-order valence-corrected chi connectivity index (χ2v) is 18.0. The van der Waals surface area contributed by atoms with Gasteiger partial charge in [-0.3, -0.25) is 4.79 Å². The number of nitrogens with one attached hydrogen (secondary N) is 2. The van der Waals surface area contributed by atoms with E-state index >= 15 is 0 Å². The number of carboxylic acid groups (broad SMARTS) is 1. The minimum absolute atomic E-state index is 0.0177. The number of carbonyl (C=O) groups is 3. The molecule has 49 heavy (non-hydrogen) atoms. The van der Waals surface area contributed by atoms with Crippen LogP contribution in [-0.2, 0) is 4.79 Å². The highest BCUT2D eigenvalue weighted by atomic mass is 16.4. The number of hydrogen-bond donors (Lipinski definition) is 3. The Morgan fingerprint density at radius 1 is 0.980 bits per heavy atom. The van der Waals surface area contributed by atoms with Crippen molar-refractivity contribution in [2.75, 3.05) is 19.6 Å². The molecule has 7 heteroatoms. The summed E-state index contributed by atoms with van der Waals surface area (Å²) in [6, 6.07) is 7.48. The Labute approximate surface area is 294 Å². The van der Waals surface area contributed by atoms with Crippen molar-refractivity contribution in [1.29, 1.82) is 0 Å². The summed E-state index contributed by atoms with van der Waals surface area (Å²) >= 11 is 0. The lowest BCUT2D eigenvalue weighted by molar-refractivity contribution is -0.171. The number of amides is 3. The molecule has 0 bridgehead atoms. The zero-order valence-electron chi connectivity index (χ0n) is 31.1. The van der Waals surface area contributed by atoms with Crippen LogP contribution in [-0.4, -0.2) is 53.1 Å². The summed E-state index contributed by atoms with van der Waals surface area (Å²) in [5, 5.41) is 16.0. The first-order valence-electron chi connectivity index (χ1n) is 19.1. The molecule has 7 nitrogen and oxygen atoms in total. The number of hydrogen-bond acceptors (Lipinski definition) is 3. The van der Waals surface area contributed by atoms with Gasteiger partial charge in [-0.25, -0.2) is 9.59 Å². The van der Waals surface area contributed by atoms with E-state index in [1.807, 2.05) is 17.0 Å². The van der Waals surface area contributed by atoms with Crippen LogP contribution >= 0.6 is 0 Å². The van der Waals surface area contributed by atoms with E-state index < -0.39 is 5.97 Å². The number of carboxylic acids is 1. The fourth-order valence-electron chi connectivity index (χ4n) is 11.9.